The number of para-hydroxylation sites is 1. The fourth-order valence-electron chi connectivity index (χ4n) is 2.39. The van der Waals surface area contributed by atoms with Gasteiger partial charge in [-0.15, -0.1) is 0 Å². The van der Waals surface area contributed by atoms with Crippen molar-refractivity contribution in [3.05, 3.63) is 41.5 Å². The van der Waals surface area contributed by atoms with Crippen molar-refractivity contribution in [2.45, 2.75) is 25.7 Å². The molecule has 0 aromatic heterocycles. The molecule has 0 atom stereocenters. The lowest BCUT2D eigenvalue weighted by atomic mass is 9.91. The van der Waals surface area contributed by atoms with Gasteiger partial charge in [0.2, 0.25) is 0 Å². The fraction of sp³-hybridized carbons (Fsp3) is 0.312. The van der Waals surface area contributed by atoms with Crippen LogP contribution >= 0.6 is 12.2 Å². The molecule has 23 heavy (non-hydrogen) atoms. The first-order valence-corrected chi connectivity index (χ1v) is 7.76. The van der Waals surface area contributed by atoms with Crippen LogP contribution in [0.2, 0.25) is 0 Å². The van der Waals surface area contributed by atoms with E-state index in [4.69, 9.17) is 12.2 Å². The summed E-state index contributed by atoms with van der Waals surface area (Å²) in [5.74, 6) is -1.44. The summed E-state index contributed by atoms with van der Waals surface area (Å²) in [7, 11) is 1.61. The summed E-state index contributed by atoms with van der Waals surface area (Å²) in [5, 5.41) is 13.9. The van der Waals surface area contributed by atoms with Crippen LogP contribution in [-0.4, -0.2) is 34.2 Å². The van der Waals surface area contributed by atoms with Crippen molar-refractivity contribution < 1.29 is 14.7 Å². The maximum atomic E-state index is 12.3. The molecule has 3 N–H and O–H groups in total. The van der Waals surface area contributed by atoms with E-state index in [1.807, 2.05) is 30.3 Å². The Morgan fingerprint density at radius 3 is 2.35 bits per heavy atom. The SMILES string of the molecule is CN(NC(=O)C1=C(C(=O)O)CCCC1)C(=S)Nc1ccccc1. The third kappa shape index (κ3) is 4.53. The Morgan fingerprint density at radius 1 is 1.13 bits per heavy atom. The Kier molecular flexibility index (Phi) is 5.70. The van der Waals surface area contributed by atoms with Crippen LogP contribution in [0.1, 0.15) is 25.7 Å². The number of amides is 1. The summed E-state index contributed by atoms with van der Waals surface area (Å²) >= 11 is 5.23. The average molecular weight is 333 g/mol. The van der Waals surface area contributed by atoms with Gasteiger partial charge in [0.05, 0.1) is 0 Å². The number of nitrogens with one attached hydrogen (secondary N) is 2. The zero-order valence-corrected chi connectivity index (χ0v) is 13.7. The molecule has 0 aliphatic heterocycles. The highest BCUT2D eigenvalue weighted by Gasteiger charge is 2.24. The minimum atomic E-state index is -1.03. The number of nitrogens with zero attached hydrogens (tertiary/aromatic N) is 1. The van der Waals surface area contributed by atoms with Crippen LogP contribution in [-0.2, 0) is 9.59 Å². The second-order valence-corrected chi connectivity index (χ2v) is 5.65. The van der Waals surface area contributed by atoms with Gasteiger partial charge in [0, 0.05) is 23.9 Å². The van der Waals surface area contributed by atoms with E-state index in [0.717, 1.165) is 18.5 Å². The fourth-order valence-corrected chi connectivity index (χ4v) is 2.55. The minimum Gasteiger partial charge on any atom is -0.478 e. The number of benzene rings is 1. The Bertz CT molecular complexity index is 643. The predicted octanol–water partition coefficient (Wildman–Crippen LogP) is 2.30. The van der Waals surface area contributed by atoms with Crippen molar-refractivity contribution in [3.63, 3.8) is 0 Å². The number of hydrazine groups is 1. The van der Waals surface area contributed by atoms with Gasteiger partial charge in [-0.2, -0.15) is 0 Å². The molecule has 0 saturated heterocycles. The van der Waals surface area contributed by atoms with E-state index in [-0.39, 0.29) is 5.57 Å². The van der Waals surface area contributed by atoms with Crippen molar-refractivity contribution in [2.24, 2.45) is 0 Å². The maximum absolute atomic E-state index is 12.3. The van der Waals surface area contributed by atoms with Crippen LogP contribution in [0.15, 0.2) is 41.5 Å². The maximum Gasteiger partial charge on any atom is 0.332 e. The molecule has 122 valence electrons. The average Bonchev–Trinajstić information content (AvgIpc) is 2.55. The van der Waals surface area contributed by atoms with Gasteiger partial charge in [-0.05, 0) is 50.0 Å². The zero-order valence-electron chi connectivity index (χ0n) is 12.8. The molecule has 6 nitrogen and oxygen atoms in total. The zero-order chi connectivity index (χ0) is 16.8. The molecule has 1 aromatic carbocycles. The van der Waals surface area contributed by atoms with Crippen molar-refractivity contribution in [1.82, 2.24) is 10.4 Å². The number of aliphatic carboxylic acids is 1. The standard InChI is InChI=1S/C16H19N3O3S/c1-19(16(23)17-11-7-3-2-4-8-11)18-14(20)12-9-5-6-10-13(12)15(21)22/h2-4,7-8H,5-6,9-10H2,1H3,(H,17,23)(H,18,20)(H,21,22). The monoisotopic (exact) mass is 333 g/mol. The van der Waals surface area contributed by atoms with Crippen LogP contribution in [0.4, 0.5) is 5.69 Å². The summed E-state index contributed by atoms with van der Waals surface area (Å²) in [5.41, 5.74) is 3.96. The third-order valence-corrected chi connectivity index (χ3v) is 3.97. The van der Waals surface area contributed by atoms with Gasteiger partial charge in [0.25, 0.3) is 5.91 Å². The summed E-state index contributed by atoms with van der Waals surface area (Å²) in [6.45, 7) is 0. The van der Waals surface area contributed by atoms with Gasteiger partial charge >= 0.3 is 5.97 Å². The van der Waals surface area contributed by atoms with E-state index in [0.29, 0.717) is 23.5 Å². The normalized spacial score (nSPS) is 14.1. The number of anilines is 1. The number of carbonyl (C=O) groups is 2. The lowest BCUT2D eigenvalue weighted by Crippen LogP contribution is -2.46. The van der Waals surface area contributed by atoms with Gasteiger partial charge in [0.1, 0.15) is 0 Å². The number of thiocarbonyl (C=S) groups is 1. The van der Waals surface area contributed by atoms with Crippen LogP contribution in [0.5, 0.6) is 0 Å². The molecule has 1 aliphatic carbocycles. The molecule has 2 rings (SSSR count). The van der Waals surface area contributed by atoms with Crippen molar-refractivity contribution in [2.75, 3.05) is 12.4 Å². The van der Waals surface area contributed by atoms with Crippen LogP contribution in [0.3, 0.4) is 0 Å². The van der Waals surface area contributed by atoms with Gasteiger partial charge in [-0.1, -0.05) is 18.2 Å². The Morgan fingerprint density at radius 2 is 1.74 bits per heavy atom. The Balaban J connectivity index is 2.01. The van der Waals surface area contributed by atoms with Crippen molar-refractivity contribution in [1.29, 1.82) is 0 Å². The van der Waals surface area contributed by atoms with Crippen LogP contribution < -0.4 is 10.7 Å². The van der Waals surface area contributed by atoms with E-state index in [1.165, 1.54) is 5.01 Å². The first-order chi connectivity index (χ1) is 11.0. The topological polar surface area (TPSA) is 81.7 Å². The molecule has 0 bridgehead atoms. The second-order valence-electron chi connectivity index (χ2n) is 5.27. The smallest absolute Gasteiger partial charge is 0.332 e. The second kappa shape index (κ2) is 7.73. The molecule has 1 aliphatic rings. The minimum absolute atomic E-state index is 0.198. The number of rotatable bonds is 3. The number of carboxylic acids is 1. The predicted molar refractivity (Wildman–Crippen MR) is 91.7 cm³/mol. The van der Waals surface area contributed by atoms with E-state index in [9.17, 15) is 14.7 Å². The Labute approximate surface area is 140 Å². The molecule has 7 heteroatoms. The highest BCUT2D eigenvalue weighted by atomic mass is 32.1. The van der Waals surface area contributed by atoms with Gasteiger partial charge in [-0.3, -0.25) is 15.2 Å². The number of hydrogen-bond acceptors (Lipinski definition) is 3. The molecule has 1 amide bonds. The lowest BCUT2D eigenvalue weighted by Gasteiger charge is -2.24. The molecule has 0 heterocycles. The molecule has 0 radical (unpaired) electrons. The van der Waals surface area contributed by atoms with Crippen LogP contribution in [0, 0.1) is 0 Å². The third-order valence-electron chi connectivity index (χ3n) is 3.60. The summed E-state index contributed by atoms with van der Waals surface area (Å²) in [6.07, 6.45) is 2.51. The lowest BCUT2D eigenvalue weighted by molar-refractivity contribution is -0.133. The molecule has 0 spiro atoms. The largest absolute Gasteiger partial charge is 0.478 e. The molecular weight excluding hydrogens is 314 g/mol. The molecule has 0 unspecified atom stereocenters. The summed E-state index contributed by atoms with van der Waals surface area (Å²) in [4.78, 5) is 23.6. The van der Waals surface area contributed by atoms with Gasteiger partial charge < -0.3 is 10.4 Å². The van der Waals surface area contributed by atoms with E-state index in [1.54, 1.807) is 7.05 Å². The van der Waals surface area contributed by atoms with Crippen molar-refractivity contribution >= 4 is 34.9 Å². The first kappa shape index (κ1) is 17.0. The molecule has 0 saturated carbocycles. The molecule has 0 fully saturated rings. The molecule has 1 aromatic rings. The van der Waals surface area contributed by atoms with Crippen molar-refractivity contribution in [3.8, 4) is 0 Å². The summed E-state index contributed by atoms with van der Waals surface area (Å²) < 4.78 is 0. The Hall–Kier alpha value is -2.41. The van der Waals surface area contributed by atoms with E-state index in [2.05, 4.69) is 10.7 Å². The van der Waals surface area contributed by atoms with Gasteiger partial charge in [-0.25, -0.2) is 4.79 Å². The summed E-state index contributed by atoms with van der Waals surface area (Å²) in [6, 6.07) is 9.34. The molecular formula is C16H19N3O3S. The van der Waals surface area contributed by atoms with Crippen LogP contribution in [0.25, 0.3) is 0 Å². The van der Waals surface area contributed by atoms with Gasteiger partial charge in [0.15, 0.2) is 5.11 Å². The highest BCUT2D eigenvalue weighted by molar-refractivity contribution is 7.80. The quantitative estimate of drug-likeness (QED) is 0.582. The number of carboxylic acid groups (broad SMARTS) is 1. The number of carbonyl (C=O) groups excluding carboxylic acids is 1. The van der Waals surface area contributed by atoms with E-state index >= 15 is 0 Å². The first-order valence-electron chi connectivity index (χ1n) is 7.35. The van der Waals surface area contributed by atoms with E-state index < -0.39 is 11.9 Å². The number of hydrogen-bond donors (Lipinski definition) is 3. The highest BCUT2D eigenvalue weighted by Crippen LogP contribution is 2.25.